The lowest BCUT2D eigenvalue weighted by Crippen LogP contribution is -2.33. The Kier molecular flexibility index (Phi) is 5.85. The highest BCUT2D eigenvalue weighted by Gasteiger charge is 2.30. The van der Waals surface area contributed by atoms with Crippen LogP contribution in [0.3, 0.4) is 0 Å². The van der Waals surface area contributed by atoms with Gasteiger partial charge in [-0.25, -0.2) is 0 Å². The molecule has 106 valence electrons. The molecule has 0 aromatic heterocycles. The number of amides is 1. The van der Waals surface area contributed by atoms with Crippen molar-refractivity contribution in [2.24, 2.45) is 0 Å². The summed E-state index contributed by atoms with van der Waals surface area (Å²) in [5.74, 6) is -0.0818. The highest BCUT2D eigenvalue weighted by atomic mass is 79.9. The van der Waals surface area contributed by atoms with Crippen LogP contribution in [-0.4, -0.2) is 29.2 Å². The third kappa shape index (κ3) is 4.86. The van der Waals surface area contributed by atoms with Crippen LogP contribution in [0.15, 0.2) is 24.3 Å². The van der Waals surface area contributed by atoms with Crippen molar-refractivity contribution in [1.82, 2.24) is 4.90 Å². The molecule has 1 rings (SSSR count). The average Bonchev–Trinajstić information content (AvgIpc) is 2.35. The Hall–Kier alpha value is -1.04. The summed E-state index contributed by atoms with van der Waals surface area (Å²) in [5.41, 5.74) is -0.109. The van der Waals surface area contributed by atoms with Crippen molar-refractivity contribution < 1.29 is 18.0 Å². The van der Waals surface area contributed by atoms with Crippen LogP contribution in [0, 0.1) is 0 Å². The molecule has 0 aliphatic heterocycles. The number of carbonyl (C=O) groups excluding carboxylic acids is 1. The molecular formula is C13H15BrF3NO. The van der Waals surface area contributed by atoms with Gasteiger partial charge >= 0.3 is 6.18 Å². The van der Waals surface area contributed by atoms with Gasteiger partial charge in [-0.3, -0.25) is 4.79 Å². The maximum atomic E-state index is 12.4. The molecule has 0 bridgehead atoms. The lowest BCUT2D eigenvalue weighted by atomic mass is 10.1. The Morgan fingerprint density at radius 2 is 1.84 bits per heavy atom. The Morgan fingerprint density at radius 1 is 1.26 bits per heavy atom. The Morgan fingerprint density at radius 3 is 2.26 bits per heavy atom. The molecule has 2 nitrogen and oxygen atoms in total. The molecular weight excluding hydrogens is 323 g/mol. The van der Waals surface area contributed by atoms with E-state index in [1.165, 1.54) is 12.1 Å². The Balaban J connectivity index is 2.70. The summed E-state index contributed by atoms with van der Waals surface area (Å²) in [4.78, 5) is 13.6. The quantitative estimate of drug-likeness (QED) is 0.753. The minimum atomic E-state index is -4.34. The van der Waals surface area contributed by atoms with Gasteiger partial charge in [-0.1, -0.05) is 28.1 Å². The minimum absolute atomic E-state index is 0.0818. The van der Waals surface area contributed by atoms with Crippen LogP contribution in [0.5, 0.6) is 0 Å². The number of benzene rings is 1. The van der Waals surface area contributed by atoms with Crippen LogP contribution < -0.4 is 0 Å². The van der Waals surface area contributed by atoms with E-state index in [2.05, 4.69) is 15.9 Å². The molecule has 0 N–H and O–H groups in total. The van der Waals surface area contributed by atoms with Crippen molar-refractivity contribution in [1.29, 1.82) is 0 Å². The molecule has 1 aromatic rings. The highest BCUT2D eigenvalue weighted by molar-refractivity contribution is 9.09. The van der Waals surface area contributed by atoms with E-state index in [1.54, 1.807) is 4.90 Å². The molecule has 1 amide bonds. The van der Waals surface area contributed by atoms with Crippen LogP contribution in [-0.2, 0) is 17.4 Å². The molecule has 0 aliphatic rings. The van der Waals surface area contributed by atoms with E-state index in [0.717, 1.165) is 12.1 Å². The standard InChI is InChI=1S/C13H15BrF3NO/c1-2-18(8-7-14)12(19)9-10-3-5-11(6-4-10)13(15,16)17/h3-6H,2,7-9H2,1H3. The molecule has 1 aromatic carbocycles. The molecule has 0 atom stereocenters. The monoisotopic (exact) mass is 337 g/mol. The first-order valence-electron chi connectivity index (χ1n) is 5.88. The molecule has 0 aliphatic carbocycles. The molecule has 0 radical (unpaired) electrons. The first-order chi connectivity index (χ1) is 8.88. The fourth-order valence-corrected chi connectivity index (χ4v) is 2.09. The van der Waals surface area contributed by atoms with Gasteiger partial charge in [-0.2, -0.15) is 13.2 Å². The predicted octanol–water partition coefficient (Wildman–Crippen LogP) is 3.49. The van der Waals surface area contributed by atoms with Gasteiger partial charge in [0.25, 0.3) is 0 Å². The van der Waals surface area contributed by atoms with Crippen LogP contribution >= 0.6 is 15.9 Å². The number of halogens is 4. The number of hydrogen-bond acceptors (Lipinski definition) is 1. The lowest BCUT2D eigenvalue weighted by Gasteiger charge is -2.19. The second-order valence-electron chi connectivity index (χ2n) is 4.03. The fourth-order valence-electron chi connectivity index (χ4n) is 1.66. The van der Waals surface area contributed by atoms with Gasteiger partial charge in [0.1, 0.15) is 0 Å². The largest absolute Gasteiger partial charge is 0.416 e. The average molecular weight is 338 g/mol. The third-order valence-corrected chi connectivity index (χ3v) is 3.08. The van der Waals surface area contributed by atoms with Gasteiger partial charge in [0.2, 0.25) is 5.91 Å². The van der Waals surface area contributed by atoms with E-state index in [9.17, 15) is 18.0 Å². The van der Waals surface area contributed by atoms with Crippen molar-refractivity contribution in [3.8, 4) is 0 Å². The van der Waals surface area contributed by atoms with Gasteiger partial charge < -0.3 is 4.90 Å². The topological polar surface area (TPSA) is 20.3 Å². The van der Waals surface area contributed by atoms with E-state index in [-0.39, 0.29) is 12.3 Å². The number of nitrogens with zero attached hydrogens (tertiary/aromatic N) is 1. The number of alkyl halides is 4. The zero-order chi connectivity index (χ0) is 14.5. The van der Waals surface area contributed by atoms with Crippen LogP contribution in [0.25, 0.3) is 0 Å². The van der Waals surface area contributed by atoms with Gasteiger partial charge in [0, 0.05) is 18.4 Å². The second kappa shape index (κ2) is 6.93. The zero-order valence-electron chi connectivity index (χ0n) is 10.5. The molecule has 19 heavy (non-hydrogen) atoms. The molecule has 0 unspecified atom stereocenters. The van der Waals surface area contributed by atoms with Gasteiger partial charge in [-0.05, 0) is 24.6 Å². The van der Waals surface area contributed by atoms with Crippen molar-refractivity contribution in [2.75, 3.05) is 18.4 Å². The summed E-state index contributed by atoms with van der Waals surface area (Å²) in [6, 6.07) is 4.71. The summed E-state index contributed by atoms with van der Waals surface area (Å²) >= 11 is 3.26. The van der Waals surface area contributed by atoms with Crippen molar-refractivity contribution in [2.45, 2.75) is 19.5 Å². The fraction of sp³-hybridized carbons (Fsp3) is 0.462. The number of carbonyl (C=O) groups is 1. The number of rotatable bonds is 5. The highest BCUT2D eigenvalue weighted by Crippen LogP contribution is 2.29. The molecule has 6 heteroatoms. The Labute approximate surface area is 118 Å². The molecule has 0 spiro atoms. The molecule has 0 heterocycles. The maximum Gasteiger partial charge on any atom is 0.416 e. The molecule has 0 fully saturated rings. The smallest absolute Gasteiger partial charge is 0.342 e. The van der Waals surface area contributed by atoms with E-state index >= 15 is 0 Å². The summed E-state index contributed by atoms with van der Waals surface area (Å²) in [6.07, 6.45) is -4.22. The van der Waals surface area contributed by atoms with E-state index in [0.29, 0.717) is 24.0 Å². The van der Waals surface area contributed by atoms with Gasteiger partial charge in [0.15, 0.2) is 0 Å². The van der Waals surface area contributed by atoms with E-state index in [4.69, 9.17) is 0 Å². The maximum absolute atomic E-state index is 12.4. The number of hydrogen-bond donors (Lipinski definition) is 0. The zero-order valence-corrected chi connectivity index (χ0v) is 12.1. The Bertz CT molecular complexity index is 417. The first-order valence-corrected chi connectivity index (χ1v) is 7.00. The van der Waals surface area contributed by atoms with Gasteiger partial charge in [0.05, 0.1) is 12.0 Å². The number of likely N-dealkylation sites (N-methyl/N-ethyl adjacent to an activating group) is 1. The van der Waals surface area contributed by atoms with Crippen molar-refractivity contribution >= 4 is 21.8 Å². The molecule has 0 saturated heterocycles. The van der Waals surface area contributed by atoms with Crippen molar-refractivity contribution in [3.05, 3.63) is 35.4 Å². The summed E-state index contributed by atoms with van der Waals surface area (Å²) in [7, 11) is 0. The summed E-state index contributed by atoms with van der Waals surface area (Å²) in [5, 5.41) is 0.680. The van der Waals surface area contributed by atoms with Crippen LogP contribution in [0.1, 0.15) is 18.1 Å². The normalized spacial score (nSPS) is 11.4. The summed E-state index contributed by atoms with van der Waals surface area (Å²) < 4.78 is 37.2. The molecule has 0 saturated carbocycles. The summed E-state index contributed by atoms with van der Waals surface area (Å²) in [6.45, 7) is 3.05. The minimum Gasteiger partial charge on any atom is -0.342 e. The van der Waals surface area contributed by atoms with Crippen molar-refractivity contribution in [3.63, 3.8) is 0 Å². The van der Waals surface area contributed by atoms with Gasteiger partial charge in [-0.15, -0.1) is 0 Å². The second-order valence-corrected chi connectivity index (χ2v) is 4.83. The lowest BCUT2D eigenvalue weighted by molar-refractivity contribution is -0.137. The van der Waals surface area contributed by atoms with E-state index < -0.39 is 11.7 Å². The van der Waals surface area contributed by atoms with E-state index in [1.807, 2.05) is 6.92 Å². The van der Waals surface area contributed by atoms with Crippen LogP contribution in [0.2, 0.25) is 0 Å². The SMILES string of the molecule is CCN(CCBr)C(=O)Cc1ccc(C(F)(F)F)cc1. The first kappa shape index (κ1) is 16.0. The predicted molar refractivity (Wildman–Crippen MR) is 71.2 cm³/mol. The third-order valence-electron chi connectivity index (χ3n) is 2.73. The van der Waals surface area contributed by atoms with Crippen LogP contribution in [0.4, 0.5) is 13.2 Å².